The summed E-state index contributed by atoms with van der Waals surface area (Å²) in [5.41, 5.74) is 0. The highest BCUT2D eigenvalue weighted by molar-refractivity contribution is 4.80. The predicted octanol–water partition coefficient (Wildman–Crippen LogP) is 4.70. The van der Waals surface area contributed by atoms with Crippen molar-refractivity contribution in [3.05, 3.63) is 12.2 Å². The van der Waals surface area contributed by atoms with Crippen LogP contribution < -0.4 is 0 Å². The monoisotopic (exact) mass is 170 g/mol. The van der Waals surface area contributed by atoms with Gasteiger partial charge in [-0.15, -0.1) is 0 Å². The van der Waals surface area contributed by atoms with Crippen molar-refractivity contribution < 1.29 is 2.74 Å². The molecular formula is C12H24. The van der Waals surface area contributed by atoms with Crippen LogP contribution in [0.4, 0.5) is 0 Å². The van der Waals surface area contributed by atoms with Gasteiger partial charge in [0.15, 0.2) is 0 Å². The smallest absolute Gasteiger partial charge is 0.0310 e. The van der Waals surface area contributed by atoms with Crippen LogP contribution in [0, 0.1) is 0 Å². The fraction of sp³-hybridized carbons (Fsp3) is 0.833. The number of hydrogen-bond donors (Lipinski definition) is 0. The number of rotatable bonds is 8. The van der Waals surface area contributed by atoms with Crippen LogP contribution in [0.1, 0.15) is 67.9 Å². The highest BCUT2D eigenvalue weighted by atomic mass is 13.9. The first-order chi connectivity index (χ1) is 6.62. The van der Waals surface area contributed by atoms with E-state index >= 15 is 0 Å². The Morgan fingerprint density at radius 1 is 0.917 bits per heavy atom. The fourth-order valence-corrected chi connectivity index (χ4v) is 1.07. The summed E-state index contributed by atoms with van der Waals surface area (Å²) in [5.74, 6) is 0. The van der Waals surface area contributed by atoms with Gasteiger partial charge >= 0.3 is 0 Å². The quantitative estimate of drug-likeness (QED) is 0.366. The molecule has 0 bridgehead atoms. The third kappa shape index (κ3) is 9.74. The van der Waals surface area contributed by atoms with Crippen molar-refractivity contribution in [2.24, 2.45) is 0 Å². The average molecular weight is 170 g/mol. The Hall–Kier alpha value is -0.260. The van der Waals surface area contributed by atoms with Crippen LogP contribution in [-0.4, -0.2) is 0 Å². The highest BCUT2D eigenvalue weighted by Crippen LogP contribution is 2.05. The molecule has 0 fully saturated rings. The normalized spacial score (nSPS) is 14.8. The van der Waals surface area contributed by atoms with Crippen LogP contribution in [0.5, 0.6) is 0 Å². The maximum Gasteiger partial charge on any atom is 0.0310 e. The molecule has 0 N–H and O–H groups in total. The van der Waals surface area contributed by atoms with Crippen molar-refractivity contribution in [2.45, 2.75) is 65.2 Å². The van der Waals surface area contributed by atoms with E-state index in [4.69, 9.17) is 2.74 Å². The Morgan fingerprint density at radius 3 is 2.33 bits per heavy atom. The Morgan fingerprint density at radius 2 is 1.67 bits per heavy atom. The van der Waals surface area contributed by atoms with Crippen molar-refractivity contribution in [2.75, 3.05) is 0 Å². The molecule has 0 aliphatic carbocycles. The van der Waals surface area contributed by atoms with E-state index in [2.05, 4.69) is 13.8 Å². The summed E-state index contributed by atoms with van der Waals surface area (Å²) < 4.78 is 15.4. The molecule has 0 saturated heterocycles. The van der Waals surface area contributed by atoms with Crippen molar-refractivity contribution in [3.63, 3.8) is 0 Å². The molecule has 72 valence electrons. The van der Waals surface area contributed by atoms with Crippen molar-refractivity contribution >= 4 is 0 Å². The van der Waals surface area contributed by atoms with E-state index in [1.165, 1.54) is 12.8 Å². The van der Waals surface area contributed by atoms with Crippen LogP contribution in [0.25, 0.3) is 0 Å². The lowest BCUT2D eigenvalue weighted by Gasteiger charge is -1.95. The maximum absolute atomic E-state index is 7.72. The number of hydrogen-bond acceptors (Lipinski definition) is 0. The van der Waals surface area contributed by atoms with Gasteiger partial charge in [0, 0.05) is 2.74 Å². The topological polar surface area (TPSA) is 0 Å². The standard InChI is InChI=1S/C12H24/c1-3-5-7-9-11-12-10-8-6-4-2/h7,9H,3-6,8,10-12H2,1-2H3/b9-7-/i11D2. The van der Waals surface area contributed by atoms with Gasteiger partial charge in [-0.2, -0.15) is 0 Å². The molecule has 0 amide bonds. The number of unbranched alkanes of at least 4 members (excludes halogenated alkanes) is 4. The van der Waals surface area contributed by atoms with Crippen LogP contribution in [0.2, 0.25) is 0 Å². The third-order valence-corrected chi connectivity index (χ3v) is 1.87. The molecular weight excluding hydrogens is 144 g/mol. The van der Waals surface area contributed by atoms with Gasteiger partial charge in [-0.3, -0.25) is 0 Å². The highest BCUT2D eigenvalue weighted by Gasteiger charge is 1.85. The molecule has 0 aromatic carbocycles. The molecule has 0 aromatic rings. The minimum atomic E-state index is -1.08. The number of allylic oxidation sites excluding steroid dienone is 2. The first kappa shape index (κ1) is 8.34. The molecule has 0 spiro atoms. The molecule has 0 atom stereocenters. The first-order valence-electron chi connectivity index (χ1n) is 6.30. The zero-order valence-corrected chi connectivity index (χ0v) is 8.60. The molecule has 0 unspecified atom stereocenters. The summed E-state index contributed by atoms with van der Waals surface area (Å²) in [4.78, 5) is 0. The summed E-state index contributed by atoms with van der Waals surface area (Å²) in [6, 6.07) is 0. The van der Waals surface area contributed by atoms with Gasteiger partial charge in [0.2, 0.25) is 0 Å². The summed E-state index contributed by atoms with van der Waals surface area (Å²) in [7, 11) is 0. The largest absolute Gasteiger partial charge is 0.0885 e. The lowest BCUT2D eigenvalue weighted by Crippen LogP contribution is -1.75. The summed E-state index contributed by atoms with van der Waals surface area (Å²) >= 11 is 0. The Kier molecular flexibility index (Phi) is 7.47. The first-order valence-corrected chi connectivity index (χ1v) is 5.30. The molecule has 0 aromatic heterocycles. The molecule has 0 nitrogen and oxygen atoms in total. The molecule has 0 radical (unpaired) electrons. The van der Waals surface area contributed by atoms with Crippen molar-refractivity contribution in [3.8, 4) is 0 Å². The fourth-order valence-electron chi connectivity index (χ4n) is 1.07. The van der Waals surface area contributed by atoms with E-state index < -0.39 is 6.37 Å². The Bertz CT molecular complexity index is 150. The molecule has 0 heteroatoms. The van der Waals surface area contributed by atoms with Crippen molar-refractivity contribution in [1.82, 2.24) is 0 Å². The van der Waals surface area contributed by atoms with Crippen molar-refractivity contribution in [1.29, 1.82) is 0 Å². The van der Waals surface area contributed by atoms with Gasteiger partial charge in [0.05, 0.1) is 0 Å². The molecule has 12 heavy (non-hydrogen) atoms. The molecule has 0 rings (SSSR count). The van der Waals surface area contributed by atoms with E-state index in [1.54, 1.807) is 6.08 Å². The molecule has 0 saturated carbocycles. The van der Waals surface area contributed by atoms with Gasteiger partial charge < -0.3 is 0 Å². The van der Waals surface area contributed by atoms with Gasteiger partial charge in [0.25, 0.3) is 0 Å². The summed E-state index contributed by atoms with van der Waals surface area (Å²) in [5, 5.41) is 0. The zero-order valence-electron chi connectivity index (χ0n) is 10.6. The predicted molar refractivity (Wildman–Crippen MR) is 57.4 cm³/mol. The lowest BCUT2D eigenvalue weighted by atomic mass is 10.1. The van der Waals surface area contributed by atoms with E-state index in [-0.39, 0.29) is 0 Å². The SMILES string of the molecule is [2H]C([2H])(/C=C\CCC)CCCCCC. The van der Waals surface area contributed by atoms with E-state index in [9.17, 15) is 0 Å². The van der Waals surface area contributed by atoms with Gasteiger partial charge in [-0.25, -0.2) is 0 Å². The van der Waals surface area contributed by atoms with E-state index in [0.717, 1.165) is 25.7 Å². The maximum atomic E-state index is 7.72. The third-order valence-electron chi connectivity index (χ3n) is 1.87. The van der Waals surface area contributed by atoms with Gasteiger partial charge in [0.1, 0.15) is 0 Å². The zero-order chi connectivity index (χ0) is 10.9. The lowest BCUT2D eigenvalue weighted by molar-refractivity contribution is 0.637. The molecule has 0 aliphatic heterocycles. The average Bonchev–Trinajstić information content (AvgIpc) is 2.13. The molecule has 0 heterocycles. The second-order valence-corrected chi connectivity index (χ2v) is 3.21. The van der Waals surface area contributed by atoms with E-state index in [1.807, 2.05) is 6.08 Å². The van der Waals surface area contributed by atoms with Crippen LogP contribution in [0.15, 0.2) is 12.2 Å². The Balaban J connectivity index is 3.60. The van der Waals surface area contributed by atoms with Crippen LogP contribution in [0.3, 0.4) is 0 Å². The minimum Gasteiger partial charge on any atom is -0.0885 e. The van der Waals surface area contributed by atoms with Gasteiger partial charge in [-0.05, 0) is 19.2 Å². The van der Waals surface area contributed by atoms with Crippen LogP contribution in [-0.2, 0) is 0 Å². The van der Waals surface area contributed by atoms with Crippen LogP contribution >= 0.6 is 0 Å². The van der Waals surface area contributed by atoms with E-state index in [0.29, 0.717) is 6.42 Å². The second-order valence-electron chi connectivity index (χ2n) is 3.21. The second kappa shape index (κ2) is 10.7. The molecule has 0 aliphatic rings. The summed E-state index contributed by atoms with van der Waals surface area (Å²) in [6.07, 6.45) is 10.0. The van der Waals surface area contributed by atoms with Gasteiger partial charge in [-0.1, -0.05) is 58.1 Å². The minimum absolute atomic E-state index is 0.674. The summed E-state index contributed by atoms with van der Waals surface area (Å²) in [6.45, 7) is 4.29. The Labute approximate surface area is 80.9 Å².